The van der Waals surface area contributed by atoms with Crippen molar-refractivity contribution < 1.29 is 18.7 Å². The molecule has 2 rings (SSSR count). The molecule has 0 saturated heterocycles. The molecule has 0 saturated carbocycles. The van der Waals surface area contributed by atoms with Gasteiger partial charge in [0.2, 0.25) is 0 Å². The zero-order valence-corrected chi connectivity index (χ0v) is 14.7. The fourth-order valence-corrected chi connectivity index (χ4v) is 2.74. The Morgan fingerprint density at radius 3 is 2.20 bits per heavy atom. The van der Waals surface area contributed by atoms with Crippen molar-refractivity contribution in [3.05, 3.63) is 60.4 Å². The summed E-state index contributed by atoms with van der Waals surface area (Å²) in [5, 5.41) is -0.379. The summed E-state index contributed by atoms with van der Waals surface area (Å²) in [6.45, 7) is 3.28. The number of nitrogens with one attached hydrogen (secondary N) is 2. The van der Waals surface area contributed by atoms with Crippen molar-refractivity contribution in [3.63, 3.8) is 0 Å². The van der Waals surface area contributed by atoms with E-state index in [1.807, 2.05) is 30.3 Å². The van der Waals surface area contributed by atoms with Gasteiger partial charge in [-0.2, -0.15) is 0 Å². The molecule has 0 radical (unpaired) electrons. The number of benzene rings is 2. The molecule has 0 heterocycles. The minimum atomic E-state index is -0.845. The number of hydrazine groups is 1. The Balaban J connectivity index is 1.78. The first-order valence-electron chi connectivity index (χ1n) is 7.69. The lowest BCUT2D eigenvalue weighted by Gasteiger charge is -2.16. The van der Waals surface area contributed by atoms with Crippen LogP contribution in [0.2, 0.25) is 0 Å². The van der Waals surface area contributed by atoms with Crippen LogP contribution in [0, 0.1) is 5.82 Å². The van der Waals surface area contributed by atoms with Crippen molar-refractivity contribution in [2.45, 2.75) is 30.1 Å². The summed E-state index contributed by atoms with van der Waals surface area (Å²) >= 11 is 1.39. The van der Waals surface area contributed by atoms with E-state index in [1.165, 1.54) is 43.0 Å². The number of carbonyl (C=O) groups is 2. The van der Waals surface area contributed by atoms with E-state index in [0.29, 0.717) is 5.75 Å². The Labute approximate surface area is 149 Å². The molecule has 0 aromatic heterocycles. The first kappa shape index (κ1) is 18.8. The SMILES string of the molecule is CC(Oc1ccc(F)cc1)C(=O)NNC(=O)C(C)Sc1ccccc1. The molecule has 7 heteroatoms. The summed E-state index contributed by atoms with van der Waals surface area (Å²) in [6, 6.07) is 14.8. The van der Waals surface area contributed by atoms with E-state index in [9.17, 15) is 14.0 Å². The number of amides is 2. The van der Waals surface area contributed by atoms with Crippen molar-refractivity contribution in [1.29, 1.82) is 0 Å². The highest BCUT2D eigenvalue weighted by Crippen LogP contribution is 2.22. The third-order valence-corrected chi connectivity index (χ3v) is 4.34. The topological polar surface area (TPSA) is 67.4 Å². The van der Waals surface area contributed by atoms with Crippen molar-refractivity contribution in [3.8, 4) is 5.75 Å². The maximum Gasteiger partial charge on any atom is 0.279 e. The van der Waals surface area contributed by atoms with E-state index < -0.39 is 12.0 Å². The Hall–Kier alpha value is -2.54. The first-order chi connectivity index (χ1) is 12.0. The van der Waals surface area contributed by atoms with Crippen LogP contribution in [-0.2, 0) is 9.59 Å². The van der Waals surface area contributed by atoms with Crippen LogP contribution in [0.15, 0.2) is 59.5 Å². The van der Waals surface area contributed by atoms with E-state index in [2.05, 4.69) is 10.9 Å². The van der Waals surface area contributed by atoms with E-state index in [0.717, 1.165) is 4.90 Å². The average Bonchev–Trinajstić information content (AvgIpc) is 2.62. The van der Waals surface area contributed by atoms with Gasteiger partial charge in [0.1, 0.15) is 11.6 Å². The summed E-state index contributed by atoms with van der Waals surface area (Å²) in [4.78, 5) is 25.0. The molecular formula is C18H19FN2O3S. The molecule has 0 fully saturated rings. The summed E-state index contributed by atoms with van der Waals surface area (Å²) in [6.07, 6.45) is -0.845. The number of carbonyl (C=O) groups excluding carboxylic acids is 2. The van der Waals surface area contributed by atoms with Crippen LogP contribution in [0.5, 0.6) is 5.75 Å². The number of thioether (sulfide) groups is 1. The van der Waals surface area contributed by atoms with E-state index in [4.69, 9.17) is 4.74 Å². The van der Waals surface area contributed by atoms with Crippen LogP contribution in [-0.4, -0.2) is 23.2 Å². The van der Waals surface area contributed by atoms with Gasteiger partial charge in [0.25, 0.3) is 11.8 Å². The van der Waals surface area contributed by atoms with Gasteiger partial charge >= 0.3 is 0 Å². The summed E-state index contributed by atoms with van der Waals surface area (Å²) in [5.74, 6) is -0.851. The summed E-state index contributed by atoms with van der Waals surface area (Å²) < 4.78 is 18.2. The van der Waals surface area contributed by atoms with Gasteiger partial charge in [0, 0.05) is 4.90 Å². The van der Waals surface area contributed by atoms with Gasteiger partial charge in [-0.15, -0.1) is 11.8 Å². The van der Waals surface area contributed by atoms with Gasteiger partial charge in [-0.3, -0.25) is 20.4 Å². The normalized spacial score (nSPS) is 12.8. The summed E-state index contributed by atoms with van der Waals surface area (Å²) in [7, 11) is 0. The molecule has 2 atom stereocenters. The lowest BCUT2D eigenvalue weighted by molar-refractivity contribution is -0.132. The minimum Gasteiger partial charge on any atom is -0.481 e. The molecule has 0 spiro atoms. The maximum atomic E-state index is 12.8. The van der Waals surface area contributed by atoms with Crippen LogP contribution < -0.4 is 15.6 Å². The highest BCUT2D eigenvalue weighted by atomic mass is 32.2. The second-order valence-electron chi connectivity index (χ2n) is 5.27. The third-order valence-electron chi connectivity index (χ3n) is 3.23. The second kappa shape index (κ2) is 9.08. The van der Waals surface area contributed by atoms with Crippen molar-refractivity contribution >= 4 is 23.6 Å². The Morgan fingerprint density at radius 1 is 0.960 bits per heavy atom. The Bertz CT molecular complexity index is 710. The summed E-state index contributed by atoms with van der Waals surface area (Å²) in [5.41, 5.74) is 4.71. The molecule has 2 aromatic carbocycles. The smallest absolute Gasteiger partial charge is 0.279 e. The van der Waals surface area contributed by atoms with Crippen LogP contribution in [0.25, 0.3) is 0 Å². The van der Waals surface area contributed by atoms with Crippen LogP contribution in [0.3, 0.4) is 0 Å². The molecule has 0 aliphatic carbocycles. The largest absolute Gasteiger partial charge is 0.481 e. The standard InChI is InChI=1S/C18H19FN2O3S/c1-12(24-15-10-8-14(19)9-11-15)17(22)20-21-18(23)13(2)25-16-6-4-3-5-7-16/h3-13H,1-2H3,(H,20,22)(H,21,23). The van der Waals surface area contributed by atoms with E-state index in [-0.39, 0.29) is 17.0 Å². The number of rotatable bonds is 6. The molecule has 132 valence electrons. The molecular weight excluding hydrogens is 343 g/mol. The fraction of sp³-hybridized carbons (Fsp3) is 0.222. The van der Waals surface area contributed by atoms with E-state index in [1.54, 1.807) is 6.92 Å². The second-order valence-corrected chi connectivity index (χ2v) is 6.68. The molecule has 0 bridgehead atoms. The van der Waals surface area contributed by atoms with Gasteiger partial charge in [-0.25, -0.2) is 4.39 Å². The van der Waals surface area contributed by atoms with Gasteiger partial charge in [0.05, 0.1) is 5.25 Å². The minimum absolute atomic E-state index is 0.323. The van der Waals surface area contributed by atoms with Crippen molar-refractivity contribution in [2.24, 2.45) is 0 Å². The van der Waals surface area contributed by atoms with E-state index >= 15 is 0 Å². The number of halogens is 1. The zero-order valence-electron chi connectivity index (χ0n) is 13.9. The Morgan fingerprint density at radius 2 is 1.56 bits per heavy atom. The van der Waals surface area contributed by atoms with Gasteiger partial charge in [-0.05, 0) is 50.2 Å². The predicted molar refractivity (Wildman–Crippen MR) is 94.5 cm³/mol. The van der Waals surface area contributed by atoms with Gasteiger partial charge < -0.3 is 4.74 Å². The monoisotopic (exact) mass is 362 g/mol. The average molecular weight is 362 g/mol. The lowest BCUT2D eigenvalue weighted by atomic mass is 10.3. The van der Waals surface area contributed by atoms with Gasteiger partial charge in [-0.1, -0.05) is 18.2 Å². The molecule has 2 N–H and O–H groups in total. The maximum absolute atomic E-state index is 12.8. The highest BCUT2D eigenvalue weighted by molar-refractivity contribution is 8.00. The fourth-order valence-electron chi connectivity index (χ4n) is 1.85. The third kappa shape index (κ3) is 6.11. The zero-order chi connectivity index (χ0) is 18.2. The number of hydrogen-bond acceptors (Lipinski definition) is 4. The first-order valence-corrected chi connectivity index (χ1v) is 8.57. The number of hydrogen-bond donors (Lipinski definition) is 2. The molecule has 5 nitrogen and oxygen atoms in total. The quantitative estimate of drug-likeness (QED) is 0.612. The van der Waals surface area contributed by atoms with Crippen molar-refractivity contribution in [1.82, 2.24) is 10.9 Å². The van der Waals surface area contributed by atoms with Crippen LogP contribution in [0.4, 0.5) is 4.39 Å². The molecule has 0 aliphatic heterocycles. The lowest BCUT2D eigenvalue weighted by Crippen LogP contribution is -2.49. The molecule has 2 unspecified atom stereocenters. The van der Waals surface area contributed by atoms with Gasteiger partial charge in [0.15, 0.2) is 6.10 Å². The van der Waals surface area contributed by atoms with Crippen LogP contribution in [0.1, 0.15) is 13.8 Å². The Kier molecular flexibility index (Phi) is 6.82. The predicted octanol–water partition coefficient (Wildman–Crippen LogP) is 2.92. The molecule has 2 aromatic rings. The highest BCUT2D eigenvalue weighted by Gasteiger charge is 2.18. The van der Waals surface area contributed by atoms with Crippen molar-refractivity contribution in [2.75, 3.05) is 0 Å². The number of ether oxygens (including phenoxy) is 1. The van der Waals surface area contributed by atoms with Crippen LogP contribution >= 0.6 is 11.8 Å². The molecule has 0 aliphatic rings. The molecule has 25 heavy (non-hydrogen) atoms. The molecule has 2 amide bonds.